The van der Waals surface area contributed by atoms with Crippen LogP contribution in [0.2, 0.25) is 0 Å². The number of aromatic nitrogens is 1. The molecule has 1 atom stereocenters. The van der Waals surface area contributed by atoms with E-state index in [4.69, 9.17) is 14.5 Å². The van der Waals surface area contributed by atoms with Crippen LogP contribution in [0.1, 0.15) is 27.1 Å². The van der Waals surface area contributed by atoms with Crippen molar-refractivity contribution in [3.05, 3.63) is 74.9 Å². The van der Waals surface area contributed by atoms with Gasteiger partial charge in [-0.1, -0.05) is 18.2 Å². The van der Waals surface area contributed by atoms with Crippen molar-refractivity contribution in [1.82, 2.24) is 9.88 Å². The minimum absolute atomic E-state index is 0.200. The predicted octanol–water partition coefficient (Wildman–Crippen LogP) is 5.52. The van der Waals surface area contributed by atoms with E-state index in [0.717, 1.165) is 41.5 Å². The molecular weight excluding hydrogens is 400 g/mol. The Morgan fingerprint density at radius 2 is 1.90 bits per heavy atom. The van der Waals surface area contributed by atoms with E-state index in [9.17, 15) is 0 Å². The fourth-order valence-electron chi connectivity index (χ4n) is 4.11. The summed E-state index contributed by atoms with van der Waals surface area (Å²) in [5.74, 6) is 1.59. The van der Waals surface area contributed by atoms with Gasteiger partial charge < -0.3 is 9.47 Å². The molecule has 5 rings (SSSR count). The molecule has 0 aliphatic carbocycles. The molecule has 2 aromatic heterocycles. The van der Waals surface area contributed by atoms with Gasteiger partial charge in [0.25, 0.3) is 0 Å². The van der Waals surface area contributed by atoms with E-state index in [1.165, 1.54) is 20.7 Å². The fraction of sp³-hybridized carbons (Fsp3) is 0.261. The number of thiophene rings is 1. The van der Waals surface area contributed by atoms with E-state index in [-0.39, 0.29) is 6.04 Å². The molecule has 1 aliphatic rings. The number of para-hydroxylation sites is 1. The first-order valence-corrected chi connectivity index (χ1v) is 11.3. The lowest BCUT2D eigenvalue weighted by Crippen LogP contribution is -2.35. The van der Waals surface area contributed by atoms with Gasteiger partial charge in [0, 0.05) is 11.4 Å². The first kappa shape index (κ1) is 18.6. The van der Waals surface area contributed by atoms with Gasteiger partial charge in [0.2, 0.25) is 0 Å². The minimum atomic E-state index is 0.200. The van der Waals surface area contributed by atoms with E-state index < -0.39 is 0 Å². The molecule has 0 spiro atoms. The first-order chi connectivity index (χ1) is 14.3. The molecule has 0 amide bonds. The molecule has 0 radical (unpaired) electrons. The number of rotatable bonds is 5. The molecule has 148 valence electrons. The van der Waals surface area contributed by atoms with Crippen molar-refractivity contribution in [1.29, 1.82) is 0 Å². The number of methoxy groups -OCH3 is 2. The smallest absolute Gasteiger partial charge is 0.161 e. The van der Waals surface area contributed by atoms with Gasteiger partial charge in [-0.15, -0.1) is 22.7 Å². The van der Waals surface area contributed by atoms with Crippen molar-refractivity contribution in [3.8, 4) is 11.5 Å². The quantitative estimate of drug-likeness (QED) is 0.424. The molecule has 6 heteroatoms. The van der Waals surface area contributed by atoms with Crippen molar-refractivity contribution < 1.29 is 9.47 Å². The summed E-state index contributed by atoms with van der Waals surface area (Å²) in [5.41, 5.74) is 3.73. The van der Waals surface area contributed by atoms with Gasteiger partial charge in [0.15, 0.2) is 11.5 Å². The normalized spacial score (nSPS) is 16.7. The summed E-state index contributed by atoms with van der Waals surface area (Å²) in [6.07, 6.45) is 0.989. The number of benzene rings is 2. The summed E-state index contributed by atoms with van der Waals surface area (Å²) in [4.78, 5) is 8.76. The second-order valence-corrected chi connectivity index (χ2v) is 9.21. The van der Waals surface area contributed by atoms with Crippen LogP contribution < -0.4 is 9.47 Å². The maximum atomic E-state index is 5.61. The maximum absolute atomic E-state index is 5.61. The van der Waals surface area contributed by atoms with Gasteiger partial charge in [-0.05, 0) is 53.3 Å². The number of fused-ring (bicyclic) bond motifs is 2. The van der Waals surface area contributed by atoms with Gasteiger partial charge in [-0.25, -0.2) is 4.98 Å². The number of thiazole rings is 1. The number of hydrogen-bond donors (Lipinski definition) is 0. The highest BCUT2D eigenvalue weighted by atomic mass is 32.1. The van der Waals surface area contributed by atoms with E-state index in [1.807, 2.05) is 0 Å². The van der Waals surface area contributed by atoms with Crippen LogP contribution in [0.5, 0.6) is 11.5 Å². The second-order valence-electron chi connectivity index (χ2n) is 7.12. The Hall–Kier alpha value is -2.41. The maximum Gasteiger partial charge on any atom is 0.161 e. The zero-order chi connectivity index (χ0) is 19.8. The Bertz CT molecular complexity index is 1100. The SMILES string of the molecule is COc1cc2c(cc1OC)[C@@H](c1cccs1)N(Cc1nc3ccccc3s1)CC2. The molecule has 2 aromatic carbocycles. The van der Waals surface area contributed by atoms with Crippen LogP contribution in [-0.4, -0.2) is 30.6 Å². The van der Waals surface area contributed by atoms with Crippen molar-refractivity contribution in [2.24, 2.45) is 0 Å². The highest BCUT2D eigenvalue weighted by molar-refractivity contribution is 7.18. The third-order valence-electron chi connectivity index (χ3n) is 5.46. The Labute approximate surface area is 178 Å². The summed E-state index contributed by atoms with van der Waals surface area (Å²) < 4.78 is 12.4. The summed E-state index contributed by atoms with van der Waals surface area (Å²) >= 11 is 3.60. The van der Waals surface area contributed by atoms with Crippen molar-refractivity contribution in [2.45, 2.75) is 19.0 Å². The van der Waals surface area contributed by atoms with Gasteiger partial charge in [0.05, 0.1) is 37.0 Å². The molecule has 29 heavy (non-hydrogen) atoms. The standard InChI is InChI=1S/C23H22N2O2S2/c1-26-18-12-15-9-10-25(14-22-24-17-6-3-4-7-20(17)29-22)23(21-8-5-11-28-21)16(15)13-19(18)27-2/h3-8,11-13,23H,9-10,14H2,1-2H3/t23-/m0/s1. The Morgan fingerprint density at radius 3 is 2.66 bits per heavy atom. The van der Waals surface area contributed by atoms with E-state index in [2.05, 4.69) is 58.8 Å². The lowest BCUT2D eigenvalue weighted by Gasteiger charge is -2.37. The molecular formula is C23H22N2O2S2. The Balaban J connectivity index is 1.55. The summed E-state index contributed by atoms with van der Waals surface area (Å²) in [6, 6.07) is 17.2. The highest BCUT2D eigenvalue weighted by Crippen LogP contribution is 2.43. The lowest BCUT2D eigenvalue weighted by molar-refractivity contribution is 0.206. The summed E-state index contributed by atoms with van der Waals surface area (Å²) in [7, 11) is 3.40. The summed E-state index contributed by atoms with van der Waals surface area (Å²) in [5, 5.41) is 3.32. The first-order valence-electron chi connectivity index (χ1n) is 9.63. The van der Waals surface area contributed by atoms with E-state index in [1.54, 1.807) is 36.9 Å². The number of ether oxygens (including phenoxy) is 2. The van der Waals surface area contributed by atoms with Gasteiger partial charge in [0.1, 0.15) is 5.01 Å². The minimum Gasteiger partial charge on any atom is -0.493 e. The molecule has 0 saturated carbocycles. The third kappa shape index (κ3) is 3.41. The van der Waals surface area contributed by atoms with Crippen molar-refractivity contribution in [3.63, 3.8) is 0 Å². The molecule has 0 fully saturated rings. The largest absolute Gasteiger partial charge is 0.493 e. The highest BCUT2D eigenvalue weighted by Gasteiger charge is 2.31. The van der Waals surface area contributed by atoms with Gasteiger partial charge in [-0.3, -0.25) is 4.90 Å². The monoisotopic (exact) mass is 422 g/mol. The van der Waals surface area contributed by atoms with Crippen LogP contribution in [0.25, 0.3) is 10.2 Å². The predicted molar refractivity (Wildman–Crippen MR) is 119 cm³/mol. The molecule has 0 N–H and O–H groups in total. The molecule has 0 saturated heterocycles. The number of nitrogens with zero attached hydrogens (tertiary/aromatic N) is 2. The van der Waals surface area contributed by atoms with Crippen molar-refractivity contribution in [2.75, 3.05) is 20.8 Å². The van der Waals surface area contributed by atoms with Crippen LogP contribution in [-0.2, 0) is 13.0 Å². The zero-order valence-corrected chi connectivity index (χ0v) is 18.1. The van der Waals surface area contributed by atoms with Crippen molar-refractivity contribution >= 4 is 32.9 Å². The topological polar surface area (TPSA) is 34.6 Å². The second kappa shape index (κ2) is 7.78. The van der Waals surface area contributed by atoms with E-state index in [0.29, 0.717) is 0 Å². The average Bonchev–Trinajstić information content (AvgIpc) is 3.42. The molecule has 4 aromatic rings. The van der Waals surface area contributed by atoms with Crippen LogP contribution >= 0.6 is 22.7 Å². The summed E-state index contributed by atoms with van der Waals surface area (Å²) in [6.45, 7) is 1.83. The van der Waals surface area contributed by atoms with Crippen LogP contribution in [0.15, 0.2) is 53.9 Å². The molecule has 4 nitrogen and oxygen atoms in total. The number of hydrogen-bond acceptors (Lipinski definition) is 6. The third-order valence-corrected chi connectivity index (χ3v) is 7.41. The zero-order valence-electron chi connectivity index (χ0n) is 16.4. The molecule has 1 aliphatic heterocycles. The Kier molecular flexibility index (Phi) is 4.99. The van der Waals surface area contributed by atoms with Gasteiger partial charge >= 0.3 is 0 Å². The average molecular weight is 423 g/mol. The molecule has 3 heterocycles. The molecule has 0 bridgehead atoms. The van der Waals surface area contributed by atoms with E-state index >= 15 is 0 Å². The lowest BCUT2D eigenvalue weighted by atomic mass is 9.91. The van der Waals surface area contributed by atoms with Gasteiger partial charge in [-0.2, -0.15) is 0 Å². The Morgan fingerprint density at radius 1 is 1.07 bits per heavy atom. The fourth-order valence-corrected chi connectivity index (χ4v) is 5.98. The van der Waals surface area contributed by atoms with Crippen LogP contribution in [0.4, 0.5) is 0 Å². The molecule has 0 unspecified atom stereocenters. The van der Waals surface area contributed by atoms with Crippen LogP contribution in [0, 0.1) is 0 Å². The van der Waals surface area contributed by atoms with Crippen LogP contribution in [0.3, 0.4) is 0 Å².